The first-order chi connectivity index (χ1) is 12.2. The standard InChI is InChI=1S/C20H18N2O3/c23-19-15-8-4-5-9-17(15)21-18-11-13-22(12-10-16(18)19)20(24)25-14-6-2-1-3-7-14/h1-9H,10-13H2,(H,21,23). The number of ether oxygens (including phenoxy) is 1. The number of carbonyl (C=O) groups is 1. The van der Waals surface area contributed by atoms with Gasteiger partial charge in [0.25, 0.3) is 0 Å². The molecule has 3 aromatic rings. The molecule has 0 atom stereocenters. The van der Waals surface area contributed by atoms with E-state index in [2.05, 4.69) is 4.98 Å². The van der Waals surface area contributed by atoms with Gasteiger partial charge in [0, 0.05) is 41.7 Å². The Morgan fingerprint density at radius 3 is 2.52 bits per heavy atom. The van der Waals surface area contributed by atoms with Gasteiger partial charge in [-0.3, -0.25) is 4.79 Å². The van der Waals surface area contributed by atoms with Gasteiger partial charge in [-0.2, -0.15) is 0 Å². The zero-order valence-corrected chi connectivity index (χ0v) is 13.7. The molecule has 1 aliphatic heterocycles. The van der Waals surface area contributed by atoms with Crippen molar-refractivity contribution in [3.05, 3.63) is 76.1 Å². The second-order valence-corrected chi connectivity index (χ2v) is 6.12. The molecule has 126 valence electrons. The highest BCUT2D eigenvalue weighted by Gasteiger charge is 2.22. The highest BCUT2D eigenvalue weighted by Crippen LogP contribution is 2.17. The Kier molecular flexibility index (Phi) is 3.98. The number of nitrogens with zero attached hydrogens (tertiary/aromatic N) is 1. The number of para-hydroxylation sites is 2. The average molecular weight is 334 g/mol. The Morgan fingerprint density at radius 1 is 0.960 bits per heavy atom. The summed E-state index contributed by atoms with van der Waals surface area (Å²) in [6.07, 6.45) is 0.759. The molecule has 0 saturated heterocycles. The largest absolute Gasteiger partial charge is 0.415 e. The van der Waals surface area contributed by atoms with Crippen molar-refractivity contribution in [3.8, 4) is 5.75 Å². The molecule has 1 N–H and O–H groups in total. The zero-order chi connectivity index (χ0) is 17.2. The predicted molar refractivity (Wildman–Crippen MR) is 96.0 cm³/mol. The summed E-state index contributed by atoms with van der Waals surface area (Å²) < 4.78 is 5.41. The second kappa shape index (κ2) is 6.43. The highest BCUT2D eigenvalue weighted by atomic mass is 16.6. The van der Waals surface area contributed by atoms with Crippen molar-refractivity contribution < 1.29 is 9.53 Å². The smallest absolute Gasteiger partial charge is 0.410 e. The van der Waals surface area contributed by atoms with E-state index >= 15 is 0 Å². The van der Waals surface area contributed by atoms with Crippen LogP contribution in [0, 0.1) is 0 Å². The van der Waals surface area contributed by atoms with E-state index in [1.807, 2.05) is 42.5 Å². The number of H-pyrrole nitrogens is 1. The molecular formula is C20H18N2O3. The van der Waals surface area contributed by atoms with E-state index in [1.165, 1.54) is 0 Å². The number of nitrogens with one attached hydrogen (secondary N) is 1. The van der Waals surface area contributed by atoms with Crippen LogP contribution < -0.4 is 10.2 Å². The van der Waals surface area contributed by atoms with Crippen molar-refractivity contribution >= 4 is 17.0 Å². The molecule has 0 radical (unpaired) electrons. The Labute approximate surface area is 144 Å². The molecule has 0 fully saturated rings. The van der Waals surface area contributed by atoms with Crippen LogP contribution in [0.25, 0.3) is 10.9 Å². The number of pyridine rings is 1. The third-order valence-electron chi connectivity index (χ3n) is 4.57. The van der Waals surface area contributed by atoms with Crippen molar-refractivity contribution in [2.75, 3.05) is 13.1 Å². The lowest BCUT2D eigenvalue weighted by molar-refractivity contribution is 0.154. The minimum Gasteiger partial charge on any atom is -0.410 e. The molecule has 0 saturated carbocycles. The van der Waals surface area contributed by atoms with Gasteiger partial charge in [0.2, 0.25) is 0 Å². The number of aromatic nitrogens is 1. The van der Waals surface area contributed by atoms with Crippen LogP contribution in [0.4, 0.5) is 4.79 Å². The minimum absolute atomic E-state index is 0.0580. The lowest BCUT2D eigenvalue weighted by atomic mass is 10.0. The first-order valence-electron chi connectivity index (χ1n) is 8.37. The molecule has 1 aromatic heterocycles. The van der Waals surface area contributed by atoms with Crippen molar-refractivity contribution in [2.45, 2.75) is 12.8 Å². The number of amides is 1. The van der Waals surface area contributed by atoms with Crippen molar-refractivity contribution in [1.29, 1.82) is 0 Å². The monoisotopic (exact) mass is 334 g/mol. The summed E-state index contributed by atoms with van der Waals surface area (Å²) in [5, 5.41) is 0.696. The predicted octanol–water partition coefficient (Wildman–Crippen LogP) is 3.13. The Hall–Kier alpha value is -3.08. The van der Waals surface area contributed by atoms with Crippen LogP contribution in [-0.4, -0.2) is 29.1 Å². The Morgan fingerprint density at radius 2 is 1.68 bits per heavy atom. The van der Waals surface area contributed by atoms with E-state index in [-0.39, 0.29) is 11.5 Å². The fourth-order valence-corrected chi connectivity index (χ4v) is 3.25. The van der Waals surface area contributed by atoms with E-state index in [0.717, 1.165) is 16.8 Å². The summed E-state index contributed by atoms with van der Waals surface area (Å²) in [4.78, 5) is 30.2. The minimum atomic E-state index is -0.379. The lowest BCUT2D eigenvalue weighted by Crippen LogP contribution is -2.35. The van der Waals surface area contributed by atoms with E-state index in [0.29, 0.717) is 37.1 Å². The molecule has 2 heterocycles. The molecular weight excluding hydrogens is 316 g/mol. The van der Waals surface area contributed by atoms with Crippen molar-refractivity contribution in [1.82, 2.24) is 9.88 Å². The summed E-state index contributed by atoms with van der Waals surface area (Å²) in [7, 11) is 0. The van der Waals surface area contributed by atoms with Crippen LogP contribution in [0.5, 0.6) is 5.75 Å². The third kappa shape index (κ3) is 3.01. The van der Waals surface area contributed by atoms with Gasteiger partial charge in [0.05, 0.1) is 0 Å². The van der Waals surface area contributed by atoms with Crippen LogP contribution >= 0.6 is 0 Å². The molecule has 4 rings (SSSR count). The van der Waals surface area contributed by atoms with Gasteiger partial charge in [-0.05, 0) is 30.7 Å². The van der Waals surface area contributed by atoms with Crippen LogP contribution in [0.15, 0.2) is 59.4 Å². The highest BCUT2D eigenvalue weighted by molar-refractivity contribution is 5.79. The summed E-state index contributed by atoms with van der Waals surface area (Å²) in [6, 6.07) is 16.5. The fourth-order valence-electron chi connectivity index (χ4n) is 3.25. The molecule has 25 heavy (non-hydrogen) atoms. The first-order valence-corrected chi connectivity index (χ1v) is 8.37. The molecule has 1 amide bonds. The molecule has 0 bridgehead atoms. The van der Waals surface area contributed by atoms with Gasteiger partial charge < -0.3 is 14.6 Å². The maximum absolute atomic E-state index is 12.7. The number of fused-ring (bicyclic) bond motifs is 2. The molecule has 1 aliphatic rings. The Bertz CT molecular complexity index is 979. The quantitative estimate of drug-likeness (QED) is 0.744. The number of hydrogen-bond donors (Lipinski definition) is 1. The first kappa shape index (κ1) is 15.4. The number of hydrogen-bond acceptors (Lipinski definition) is 3. The van der Waals surface area contributed by atoms with Crippen molar-refractivity contribution in [3.63, 3.8) is 0 Å². The summed E-state index contributed by atoms with van der Waals surface area (Å²) in [6.45, 7) is 0.993. The number of rotatable bonds is 1. The maximum Gasteiger partial charge on any atom is 0.415 e. The van der Waals surface area contributed by atoms with Gasteiger partial charge in [0.15, 0.2) is 5.43 Å². The molecule has 5 nitrogen and oxygen atoms in total. The zero-order valence-electron chi connectivity index (χ0n) is 13.7. The van der Waals surface area contributed by atoms with Crippen LogP contribution in [0.1, 0.15) is 11.3 Å². The second-order valence-electron chi connectivity index (χ2n) is 6.12. The lowest BCUT2D eigenvalue weighted by Gasteiger charge is -2.19. The summed E-state index contributed by atoms with van der Waals surface area (Å²) in [5.74, 6) is 0.524. The van der Waals surface area contributed by atoms with E-state index in [1.54, 1.807) is 17.0 Å². The van der Waals surface area contributed by atoms with Crippen LogP contribution in [-0.2, 0) is 12.8 Å². The number of benzene rings is 2. The van der Waals surface area contributed by atoms with Gasteiger partial charge in [-0.1, -0.05) is 30.3 Å². The molecule has 5 heteroatoms. The molecule has 0 aliphatic carbocycles. The van der Waals surface area contributed by atoms with Gasteiger partial charge in [0.1, 0.15) is 5.75 Å². The van der Waals surface area contributed by atoms with Crippen LogP contribution in [0.2, 0.25) is 0 Å². The van der Waals surface area contributed by atoms with Gasteiger partial charge in [-0.15, -0.1) is 0 Å². The molecule has 0 spiro atoms. The Balaban J connectivity index is 1.57. The third-order valence-corrected chi connectivity index (χ3v) is 4.57. The van der Waals surface area contributed by atoms with E-state index in [9.17, 15) is 9.59 Å². The van der Waals surface area contributed by atoms with E-state index in [4.69, 9.17) is 4.74 Å². The van der Waals surface area contributed by atoms with Crippen molar-refractivity contribution in [2.24, 2.45) is 0 Å². The summed E-state index contributed by atoms with van der Waals surface area (Å²) >= 11 is 0. The fraction of sp³-hybridized carbons (Fsp3) is 0.200. The van der Waals surface area contributed by atoms with Gasteiger partial charge in [-0.25, -0.2) is 4.79 Å². The van der Waals surface area contributed by atoms with Gasteiger partial charge >= 0.3 is 6.09 Å². The number of aromatic amines is 1. The SMILES string of the molecule is O=C(Oc1ccccc1)N1CCc2[nH]c3ccccc3c(=O)c2CC1. The van der Waals surface area contributed by atoms with E-state index < -0.39 is 0 Å². The topological polar surface area (TPSA) is 62.4 Å². The molecule has 0 unspecified atom stereocenters. The molecule has 2 aromatic carbocycles. The maximum atomic E-state index is 12.7. The average Bonchev–Trinajstić information content (AvgIpc) is 2.86. The van der Waals surface area contributed by atoms with Crippen LogP contribution in [0.3, 0.4) is 0 Å². The number of carbonyl (C=O) groups excluding carboxylic acids is 1. The normalized spacial score (nSPS) is 14.0. The summed E-state index contributed by atoms with van der Waals surface area (Å²) in [5.41, 5.74) is 2.58.